The molecule has 1 aromatic rings. The summed E-state index contributed by atoms with van der Waals surface area (Å²) in [7, 11) is 0. The van der Waals surface area contributed by atoms with Gasteiger partial charge in [-0.15, -0.1) is 0 Å². The standard InChI is InChI=1S/C13H21N3/c1-2-12(9-14-5-1)8-13-15-6-7-16(13)10-11-3-4-11/h6-7,11-12,14H,1-5,8-10H2. The number of hydrogen-bond acceptors (Lipinski definition) is 2. The monoisotopic (exact) mass is 219 g/mol. The van der Waals surface area contributed by atoms with E-state index < -0.39 is 0 Å². The average molecular weight is 219 g/mol. The quantitative estimate of drug-likeness (QED) is 0.837. The van der Waals surface area contributed by atoms with E-state index in [1.165, 1.54) is 51.1 Å². The van der Waals surface area contributed by atoms with E-state index in [0.29, 0.717) is 0 Å². The summed E-state index contributed by atoms with van der Waals surface area (Å²) in [6.07, 6.45) is 10.8. The van der Waals surface area contributed by atoms with Crippen molar-refractivity contribution >= 4 is 0 Å². The normalized spacial score (nSPS) is 25.9. The minimum atomic E-state index is 0.800. The van der Waals surface area contributed by atoms with Gasteiger partial charge in [0.05, 0.1) is 0 Å². The molecule has 1 saturated heterocycles. The molecule has 0 bridgehead atoms. The molecule has 1 aromatic heterocycles. The second-order valence-electron chi connectivity index (χ2n) is 5.36. The van der Waals surface area contributed by atoms with Crippen molar-refractivity contribution in [3.63, 3.8) is 0 Å². The van der Waals surface area contributed by atoms with Crippen LogP contribution in [0.3, 0.4) is 0 Å². The lowest BCUT2D eigenvalue weighted by atomic mass is 9.96. The van der Waals surface area contributed by atoms with Gasteiger partial charge in [0.15, 0.2) is 0 Å². The first-order valence-corrected chi connectivity index (χ1v) is 6.62. The van der Waals surface area contributed by atoms with Crippen LogP contribution in [-0.2, 0) is 13.0 Å². The van der Waals surface area contributed by atoms with Crippen molar-refractivity contribution in [2.24, 2.45) is 11.8 Å². The summed E-state index contributed by atoms with van der Waals surface area (Å²) in [6.45, 7) is 3.58. The Labute approximate surface area is 97.3 Å². The van der Waals surface area contributed by atoms with Crippen LogP contribution in [0, 0.1) is 11.8 Å². The molecule has 3 heteroatoms. The van der Waals surface area contributed by atoms with Gasteiger partial charge in [-0.1, -0.05) is 0 Å². The van der Waals surface area contributed by atoms with Crippen LogP contribution >= 0.6 is 0 Å². The number of nitrogens with one attached hydrogen (secondary N) is 1. The SMILES string of the molecule is c1cn(CC2CC2)c(CC2CCCNC2)n1. The average Bonchev–Trinajstić information content (AvgIpc) is 3.02. The van der Waals surface area contributed by atoms with E-state index in [9.17, 15) is 0 Å². The second-order valence-corrected chi connectivity index (χ2v) is 5.36. The fraction of sp³-hybridized carbons (Fsp3) is 0.769. The summed E-state index contributed by atoms with van der Waals surface area (Å²) in [5.41, 5.74) is 0. The maximum absolute atomic E-state index is 4.53. The Hall–Kier alpha value is -0.830. The number of hydrogen-bond donors (Lipinski definition) is 1. The number of nitrogens with zero attached hydrogens (tertiary/aromatic N) is 2. The van der Waals surface area contributed by atoms with Gasteiger partial charge in [0.25, 0.3) is 0 Å². The van der Waals surface area contributed by atoms with Crippen LogP contribution < -0.4 is 5.32 Å². The lowest BCUT2D eigenvalue weighted by Crippen LogP contribution is -2.31. The fourth-order valence-electron chi connectivity index (χ4n) is 2.63. The summed E-state index contributed by atoms with van der Waals surface area (Å²) in [4.78, 5) is 4.53. The van der Waals surface area contributed by atoms with Crippen LogP contribution in [0.25, 0.3) is 0 Å². The molecular formula is C13H21N3. The third-order valence-electron chi connectivity index (χ3n) is 3.82. The van der Waals surface area contributed by atoms with Gasteiger partial charge in [0, 0.05) is 25.4 Å². The Morgan fingerprint density at radius 1 is 1.31 bits per heavy atom. The lowest BCUT2D eigenvalue weighted by Gasteiger charge is -2.22. The summed E-state index contributed by atoms with van der Waals surface area (Å²) in [5, 5.41) is 3.48. The van der Waals surface area contributed by atoms with Crippen LogP contribution in [-0.4, -0.2) is 22.6 Å². The molecule has 1 atom stereocenters. The summed E-state index contributed by atoms with van der Waals surface area (Å²) in [6, 6.07) is 0. The molecule has 2 aliphatic rings. The highest BCUT2D eigenvalue weighted by molar-refractivity contribution is 4.96. The van der Waals surface area contributed by atoms with E-state index in [-0.39, 0.29) is 0 Å². The predicted octanol–water partition coefficient (Wildman–Crippen LogP) is 1.84. The first kappa shape index (κ1) is 10.3. The number of piperidine rings is 1. The van der Waals surface area contributed by atoms with Crippen molar-refractivity contribution in [3.05, 3.63) is 18.2 Å². The van der Waals surface area contributed by atoms with Crippen molar-refractivity contribution < 1.29 is 0 Å². The summed E-state index contributed by atoms with van der Waals surface area (Å²) >= 11 is 0. The Bertz CT molecular complexity index is 335. The zero-order valence-electron chi connectivity index (χ0n) is 9.86. The Kier molecular flexibility index (Phi) is 2.96. The highest BCUT2D eigenvalue weighted by atomic mass is 15.1. The molecular weight excluding hydrogens is 198 g/mol. The zero-order chi connectivity index (χ0) is 10.8. The molecule has 88 valence electrons. The predicted molar refractivity (Wildman–Crippen MR) is 64.2 cm³/mol. The Morgan fingerprint density at radius 3 is 3.00 bits per heavy atom. The van der Waals surface area contributed by atoms with Crippen LogP contribution in [0.4, 0.5) is 0 Å². The third-order valence-corrected chi connectivity index (χ3v) is 3.82. The molecule has 1 aliphatic carbocycles. The maximum Gasteiger partial charge on any atom is 0.108 e. The molecule has 0 radical (unpaired) electrons. The minimum Gasteiger partial charge on any atom is -0.335 e. The highest BCUT2D eigenvalue weighted by Gasteiger charge is 2.23. The summed E-state index contributed by atoms with van der Waals surface area (Å²) < 4.78 is 2.38. The molecule has 0 amide bonds. The lowest BCUT2D eigenvalue weighted by molar-refractivity contribution is 0.365. The third kappa shape index (κ3) is 2.46. The van der Waals surface area contributed by atoms with E-state index in [0.717, 1.165) is 18.3 Å². The van der Waals surface area contributed by atoms with Crippen LogP contribution in [0.2, 0.25) is 0 Å². The van der Waals surface area contributed by atoms with Crippen LogP contribution in [0.1, 0.15) is 31.5 Å². The molecule has 2 heterocycles. The Balaban J connectivity index is 1.61. The van der Waals surface area contributed by atoms with Crippen molar-refractivity contribution in [1.82, 2.24) is 14.9 Å². The number of rotatable bonds is 4. The molecule has 2 fully saturated rings. The molecule has 1 N–H and O–H groups in total. The molecule has 3 rings (SSSR count). The molecule has 0 aromatic carbocycles. The topological polar surface area (TPSA) is 29.9 Å². The van der Waals surface area contributed by atoms with Gasteiger partial charge < -0.3 is 9.88 Å². The first-order chi connectivity index (χ1) is 7.92. The van der Waals surface area contributed by atoms with Gasteiger partial charge in [-0.25, -0.2) is 4.98 Å². The van der Waals surface area contributed by atoms with Crippen molar-refractivity contribution in [2.45, 2.75) is 38.6 Å². The largest absolute Gasteiger partial charge is 0.335 e. The molecule has 0 spiro atoms. The van der Waals surface area contributed by atoms with Gasteiger partial charge in [0.1, 0.15) is 5.82 Å². The Morgan fingerprint density at radius 2 is 2.25 bits per heavy atom. The van der Waals surface area contributed by atoms with E-state index in [1.54, 1.807) is 0 Å². The molecule has 3 nitrogen and oxygen atoms in total. The van der Waals surface area contributed by atoms with E-state index in [2.05, 4.69) is 21.1 Å². The van der Waals surface area contributed by atoms with Crippen molar-refractivity contribution in [3.8, 4) is 0 Å². The highest BCUT2D eigenvalue weighted by Crippen LogP contribution is 2.31. The zero-order valence-corrected chi connectivity index (χ0v) is 9.86. The second kappa shape index (κ2) is 4.58. The van der Waals surface area contributed by atoms with Gasteiger partial charge in [0.2, 0.25) is 0 Å². The molecule has 1 saturated carbocycles. The van der Waals surface area contributed by atoms with Crippen molar-refractivity contribution in [1.29, 1.82) is 0 Å². The number of imidazole rings is 1. The molecule has 1 unspecified atom stereocenters. The summed E-state index contributed by atoms with van der Waals surface area (Å²) in [5.74, 6) is 3.05. The maximum atomic E-state index is 4.53. The van der Waals surface area contributed by atoms with Crippen LogP contribution in [0.15, 0.2) is 12.4 Å². The van der Waals surface area contributed by atoms with Crippen molar-refractivity contribution in [2.75, 3.05) is 13.1 Å². The smallest absolute Gasteiger partial charge is 0.108 e. The van der Waals surface area contributed by atoms with Gasteiger partial charge in [-0.2, -0.15) is 0 Å². The van der Waals surface area contributed by atoms with E-state index >= 15 is 0 Å². The minimum absolute atomic E-state index is 0.800. The number of aromatic nitrogens is 2. The van der Waals surface area contributed by atoms with E-state index in [4.69, 9.17) is 0 Å². The molecule has 1 aliphatic heterocycles. The van der Waals surface area contributed by atoms with Gasteiger partial charge in [-0.3, -0.25) is 0 Å². The first-order valence-electron chi connectivity index (χ1n) is 6.62. The van der Waals surface area contributed by atoms with E-state index in [1.807, 2.05) is 6.20 Å². The molecule has 16 heavy (non-hydrogen) atoms. The van der Waals surface area contributed by atoms with Crippen LogP contribution in [0.5, 0.6) is 0 Å². The van der Waals surface area contributed by atoms with Gasteiger partial charge in [-0.05, 0) is 50.6 Å². The fourth-order valence-corrected chi connectivity index (χ4v) is 2.63. The van der Waals surface area contributed by atoms with Gasteiger partial charge >= 0.3 is 0 Å².